The van der Waals surface area contributed by atoms with Gasteiger partial charge in [0.1, 0.15) is 6.04 Å². The predicted molar refractivity (Wildman–Crippen MR) is 155 cm³/mol. The highest BCUT2D eigenvalue weighted by Crippen LogP contribution is 2.28. The molecule has 0 spiro atoms. The summed E-state index contributed by atoms with van der Waals surface area (Å²) >= 11 is 5.94. The van der Waals surface area contributed by atoms with Gasteiger partial charge in [-0.15, -0.1) is 15.0 Å². The Kier molecular flexibility index (Phi) is 8.59. The zero-order valence-corrected chi connectivity index (χ0v) is 23.7. The second-order valence-electron chi connectivity index (χ2n) is 9.45. The molecule has 15 heteroatoms. The fourth-order valence-corrected chi connectivity index (χ4v) is 5.50. The topological polar surface area (TPSA) is 165 Å². The molecule has 12 nitrogen and oxygen atoms in total. The van der Waals surface area contributed by atoms with E-state index in [2.05, 4.69) is 26.0 Å². The average molecular weight is 624 g/mol. The molecule has 3 amide bonds. The van der Waals surface area contributed by atoms with Gasteiger partial charge >= 0.3 is 0 Å². The molecule has 1 aliphatic rings. The number of nitrogens with one attached hydrogen (secondary N) is 3. The molecule has 43 heavy (non-hydrogen) atoms. The molecule has 0 bridgehead atoms. The van der Waals surface area contributed by atoms with Crippen LogP contribution in [-0.2, 0) is 19.6 Å². The van der Waals surface area contributed by atoms with Crippen LogP contribution in [0.25, 0.3) is 11.8 Å². The minimum Gasteiger partial charge on any atom is -0.337 e. The number of aromatic nitrogens is 4. The highest BCUT2D eigenvalue weighted by Gasteiger charge is 2.37. The van der Waals surface area contributed by atoms with E-state index >= 15 is 0 Å². The summed E-state index contributed by atoms with van der Waals surface area (Å²) in [7, 11) is -3.71. The van der Waals surface area contributed by atoms with Crippen molar-refractivity contribution in [2.45, 2.75) is 24.1 Å². The summed E-state index contributed by atoms with van der Waals surface area (Å²) in [6.07, 6.45) is 4.42. The third-order valence-electron chi connectivity index (χ3n) is 6.37. The monoisotopic (exact) mass is 623 g/mol. The van der Waals surface area contributed by atoms with Crippen molar-refractivity contribution in [3.8, 4) is 5.69 Å². The molecule has 1 atom stereocenters. The van der Waals surface area contributed by atoms with Gasteiger partial charge in [0.25, 0.3) is 11.8 Å². The number of nitrogens with zero attached hydrogens (tertiary/aromatic N) is 4. The minimum absolute atomic E-state index is 0.0737. The predicted octanol–water partition coefficient (Wildman–Crippen LogP) is 3.19. The van der Waals surface area contributed by atoms with Crippen LogP contribution < -0.4 is 15.4 Å². The number of rotatable bonds is 10. The number of hydrogen-bond donors (Lipinski definition) is 3. The van der Waals surface area contributed by atoms with Gasteiger partial charge in [0, 0.05) is 22.9 Å². The molecular formula is C28H23ClFN7O5S. The Labute approximate surface area is 250 Å². The second-order valence-corrected chi connectivity index (χ2v) is 11.8. The summed E-state index contributed by atoms with van der Waals surface area (Å²) in [6, 6.07) is 15.6. The van der Waals surface area contributed by atoms with Gasteiger partial charge in [0.2, 0.25) is 15.9 Å². The molecule has 5 rings (SSSR count). The zero-order chi connectivity index (χ0) is 30.6. The van der Waals surface area contributed by atoms with Crippen LogP contribution in [0, 0.1) is 5.82 Å². The first kappa shape index (κ1) is 29.5. The van der Waals surface area contributed by atoms with E-state index < -0.39 is 44.9 Å². The van der Waals surface area contributed by atoms with Gasteiger partial charge in [-0.05, 0) is 66.1 Å². The first-order valence-electron chi connectivity index (χ1n) is 12.8. The Morgan fingerprint density at radius 3 is 2.40 bits per heavy atom. The number of sulfonamides is 1. The van der Waals surface area contributed by atoms with Crippen molar-refractivity contribution in [3.63, 3.8) is 0 Å². The summed E-state index contributed by atoms with van der Waals surface area (Å²) in [5.74, 6) is -2.90. The lowest BCUT2D eigenvalue weighted by molar-refractivity contribution is -0.123. The Hall–Kier alpha value is -4.95. The van der Waals surface area contributed by atoms with Gasteiger partial charge < -0.3 is 10.6 Å². The number of benzene rings is 3. The fourth-order valence-electron chi connectivity index (χ4n) is 4.03. The van der Waals surface area contributed by atoms with Crippen LogP contribution in [0.1, 0.15) is 40.4 Å². The first-order chi connectivity index (χ1) is 20.6. The minimum atomic E-state index is -3.71. The standard InChI is InChI=1S/C28H23ClFN7O5S/c29-22-13-14-23(37-32-16-31-36-37)21(25(22)30)12-15-24(38)34-26(17-4-2-1-3-5-17)28(40)33-19-8-6-18(7-9-19)27(39)35-43(41,42)20-10-11-20/h1-9,12-16,20,26H,10-11H2,(H,33,40)(H,34,38)(H,35,39)/b15-12+/t26-/m0/s1. The van der Waals surface area contributed by atoms with E-state index in [1.165, 1.54) is 42.5 Å². The lowest BCUT2D eigenvalue weighted by Crippen LogP contribution is -2.36. The Bertz CT molecular complexity index is 1800. The van der Waals surface area contributed by atoms with Crippen molar-refractivity contribution in [1.29, 1.82) is 0 Å². The quantitative estimate of drug-likeness (QED) is 0.227. The van der Waals surface area contributed by atoms with Crippen LogP contribution in [0.5, 0.6) is 0 Å². The van der Waals surface area contributed by atoms with Crippen LogP contribution in [-0.4, -0.2) is 51.6 Å². The van der Waals surface area contributed by atoms with E-state index in [9.17, 15) is 27.2 Å². The van der Waals surface area contributed by atoms with Gasteiger partial charge in [0.15, 0.2) is 12.1 Å². The molecule has 1 saturated carbocycles. The first-order valence-corrected chi connectivity index (χ1v) is 14.8. The van der Waals surface area contributed by atoms with Crippen molar-refractivity contribution >= 4 is 51.1 Å². The van der Waals surface area contributed by atoms with E-state index in [0.717, 1.165) is 17.2 Å². The highest BCUT2D eigenvalue weighted by molar-refractivity contribution is 7.91. The van der Waals surface area contributed by atoms with Crippen molar-refractivity contribution in [1.82, 2.24) is 30.2 Å². The molecule has 0 aliphatic heterocycles. The molecule has 1 aliphatic carbocycles. The van der Waals surface area contributed by atoms with E-state index in [0.29, 0.717) is 24.1 Å². The number of hydrogen-bond acceptors (Lipinski definition) is 8. The molecule has 1 heterocycles. The van der Waals surface area contributed by atoms with E-state index in [1.54, 1.807) is 30.3 Å². The van der Waals surface area contributed by atoms with E-state index in [4.69, 9.17) is 11.6 Å². The highest BCUT2D eigenvalue weighted by atomic mass is 35.5. The van der Waals surface area contributed by atoms with Gasteiger partial charge in [-0.3, -0.25) is 14.4 Å². The smallest absolute Gasteiger partial charge is 0.264 e. The Morgan fingerprint density at radius 1 is 1.02 bits per heavy atom. The van der Waals surface area contributed by atoms with Gasteiger partial charge in [-0.2, -0.15) is 0 Å². The van der Waals surface area contributed by atoms with Crippen LogP contribution in [0.2, 0.25) is 5.02 Å². The number of anilines is 1. The number of tetrazole rings is 1. The summed E-state index contributed by atoms with van der Waals surface area (Å²) < 4.78 is 41.0. The number of halogens is 2. The molecule has 3 aromatic carbocycles. The van der Waals surface area contributed by atoms with Crippen LogP contribution in [0.3, 0.4) is 0 Å². The number of amides is 3. The number of carbonyl (C=O) groups is 3. The van der Waals surface area contributed by atoms with Crippen LogP contribution in [0.4, 0.5) is 10.1 Å². The third kappa shape index (κ3) is 7.10. The lowest BCUT2D eigenvalue weighted by Gasteiger charge is -2.18. The molecule has 1 fully saturated rings. The van der Waals surface area contributed by atoms with Gasteiger partial charge in [-0.25, -0.2) is 17.5 Å². The molecule has 220 valence electrons. The van der Waals surface area contributed by atoms with E-state index in [-0.39, 0.29) is 21.8 Å². The van der Waals surface area contributed by atoms with Gasteiger partial charge in [-0.1, -0.05) is 41.9 Å². The second kappa shape index (κ2) is 12.5. The zero-order valence-electron chi connectivity index (χ0n) is 22.1. The molecule has 3 N–H and O–H groups in total. The van der Waals surface area contributed by atoms with Crippen LogP contribution >= 0.6 is 11.6 Å². The maximum Gasteiger partial charge on any atom is 0.264 e. The lowest BCUT2D eigenvalue weighted by atomic mass is 10.1. The summed E-state index contributed by atoms with van der Waals surface area (Å²) in [6.45, 7) is 0. The SMILES string of the molecule is O=C(/C=C/c1c(-n2ncnn2)ccc(Cl)c1F)N[C@H](C(=O)Nc1ccc(C(=O)NS(=O)(=O)C2CC2)cc1)c1ccccc1. The van der Waals surface area contributed by atoms with Gasteiger partial charge in [0.05, 0.1) is 16.0 Å². The van der Waals surface area contributed by atoms with Crippen molar-refractivity contribution in [3.05, 3.63) is 107 Å². The Morgan fingerprint density at radius 2 is 1.74 bits per heavy atom. The largest absolute Gasteiger partial charge is 0.337 e. The molecule has 0 radical (unpaired) electrons. The summed E-state index contributed by atoms with van der Waals surface area (Å²) in [4.78, 5) is 39.7. The van der Waals surface area contributed by atoms with E-state index in [1.807, 2.05) is 4.72 Å². The normalized spacial score (nSPS) is 13.8. The number of carbonyl (C=O) groups excluding carboxylic acids is 3. The molecular weight excluding hydrogens is 601 g/mol. The third-order valence-corrected chi connectivity index (χ3v) is 8.48. The van der Waals surface area contributed by atoms with Crippen molar-refractivity contribution < 1.29 is 27.2 Å². The molecule has 0 saturated heterocycles. The van der Waals surface area contributed by atoms with Crippen molar-refractivity contribution in [2.75, 3.05) is 5.32 Å². The molecule has 4 aromatic rings. The fraction of sp³-hybridized carbons (Fsp3) is 0.143. The maximum atomic E-state index is 14.9. The van der Waals surface area contributed by atoms with Crippen LogP contribution in [0.15, 0.2) is 79.1 Å². The van der Waals surface area contributed by atoms with Crippen molar-refractivity contribution in [2.24, 2.45) is 0 Å². The molecule has 0 unspecified atom stereocenters. The Balaban J connectivity index is 1.31. The summed E-state index contributed by atoms with van der Waals surface area (Å²) in [5.41, 5.74) is 0.959. The maximum absolute atomic E-state index is 14.9. The molecule has 1 aromatic heterocycles. The summed E-state index contributed by atoms with van der Waals surface area (Å²) in [5, 5.41) is 15.8. The average Bonchev–Trinajstić information content (AvgIpc) is 3.73.